The number of hydrogen-bond acceptors (Lipinski definition) is 4. The molecule has 6 heteroatoms. The molecular weight excluding hydrogens is 280 g/mol. The minimum Gasteiger partial charge on any atom is -0.469 e. The van der Waals surface area contributed by atoms with Crippen molar-refractivity contribution in [3.8, 4) is 0 Å². The fraction of sp³-hybridized carbons (Fsp3) is 0.429. The van der Waals surface area contributed by atoms with Crippen LogP contribution in [0.2, 0.25) is 0 Å². The van der Waals surface area contributed by atoms with E-state index < -0.39 is 0 Å². The van der Waals surface area contributed by atoms with Crippen LogP contribution in [0.25, 0.3) is 0 Å². The van der Waals surface area contributed by atoms with Crippen LogP contribution in [0.1, 0.15) is 24.9 Å². The van der Waals surface area contributed by atoms with Crippen molar-refractivity contribution >= 4 is 29.3 Å². The van der Waals surface area contributed by atoms with Crippen LogP contribution in [0.15, 0.2) is 24.3 Å². The Labute approximate surface area is 123 Å². The van der Waals surface area contributed by atoms with Crippen molar-refractivity contribution in [1.82, 2.24) is 4.42 Å². The largest absolute Gasteiger partial charge is 0.469 e. The molecule has 0 aliphatic carbocycles. The quantitative estimate of drug-likeness (QED) is 0.687. The van der Waals surface area contributed by atoms with Crippen LogP contribution in [0.4, 0.5) is 5.69 Å². The number of carbonyl (C=O) groups excluding carboxylic acids is 2. The van der Waals surface area contributed by atoms with Gasteiger partial charge in [-0.15, -0.1) is 0 Å². The summed E-state index contributed by atoms with van der Waals surface area (Å²) in [7, 11) is 1.38. The van der Waals surface area contributed by atoms with Crippen LogP contribution in [0, 0.1) is 5.92 Å². The lowest BCUT2D eigenvalue weighted by Crippen LogP contribution is -2.23. The Bertz CT molecular complexity index is 521. The maximum absolute atomic E-state index is 11.8. The summed E-state index contributed by atoms with van der Waals surface area (Å²) in [4.78, 5) is 22.9. The Kier molecular flexibility index (Phi) is 4.62. The first kappa shape index (κ1) is 14.8. The number of nitrogens with zero attached hydrogens (tertiary/aromatic N) is 1. The zero-order chi connectivity index (χ0) is 14.7. The third-order valence-electron chi connectivity index (χ3n) is 3.39. The minimum absolute atomic E-state index is 0.138. The molecule has 2 atom stereocenters. The smallest absolute Gasteiger partial charge is 0.310 e. The van der Waals surface area contributed by atoms with Gasteiger partial charge in [-0.1, -0.05) is 12.1 Å². The Balaban J connectivity index is 2.28. The summed E-state index contributed by atoms with van der Waals surface area (Å²) in [5, 5.41) is 2.72. The molecule has 20 heavy (non-hydrogen) atoms. The zero-order valence-electron chi connectivity index (χ0n) is 11.4. The second-order valence-electron chi connectivity index (χ2n) is 4.79. The van der Waals surface area contributed by atoms with Gasteiger partial charge in [0.2, 0.25) is 5.91 Å². The molecule has 0 spiro atoms. The maximum atomic E-state index is 11.8. The Morgan fingerprint density at radius 2 is 2.20 bits per heavy atom. The van der Waals surface area contributed by atoms with E-state index in [2.05, 4.69) is 5.32 Å². The predicted molar refractivity (Wildman–Crippen MR) is 76.2 cm³/mol. The Hall–Kier alpha value is -1.59. The van der Waals surface area contributed by atoms with Crippen LogP contribution in [0.3, 0.4) is 0 Å². The molecule has 1 amide bonds. The number of anilines is 1. The van der Waals surface area contributed by atoms with E-state index in [9.17, 15) is 9.59 Å². The summed E-state index contributed by atoms with van der Waals surface area (Å²) in [6.07, 6.45) is 0.658. The predicted octanol–water partition coefficient (Wildman–Crippen LogP) is 2.33. The highest BCUT2D eigenvalue weighted by molar-refractivity contribution is 6.14. The summed E-state index contributed by atoms with van der Waals surface area (Å²) >= 11 is 6.20. The number of rotatable bonds is 3. The van der Waals surface area contributed by atoms with Crippen molar-refractivity contribution < 1.29 is 14.3 Å². The molecule has 1 aliphatic heterocycles. The van der Waals surface area contributed by atoms with E-state index in [1.807, 2.05) is 18.2 Å². The molecule has 0 saturated carbocycles. The number of hydrogen-bond donors (Lipinski definition) is 1. The molecule has 1 aromatic rings. The lowest BCUT2D eigenvalue weighted by atomic mass is 9.94. The van der Waals surface area contributed by atoms with Gasteiger partial charge in [0.15, 0.2) is 0 Å². The first-order valence-corrected chi connectivity index (χ1v) is 6.74. The van der Waals surface area contributed by atoms with Crippen LogP contribution < -0.4 is 5.32 Å². The van der Waals surface area contributed by atoms with Crippen molar-refractivity contribution in [2.45, 2.75) is 19.4 Å². The highest BCUT2D eigenvalue weighted by Gasteiger charge is 2.39. The molecule has 1 aliphatic rings. The molecule has 1 heterocycles. The number of nitrogens with one attached hydrogen (secondary N) is 1. The number of ether oxygens (including phenoxy) is 1. The molecule has 1 aromatic carbocycles. The lowest BCUT2D eigenvalue weighted by molar-refractivity contribution is -0.146. The van der Waals surface area contributed by atoms with Crippen molar-refractivity contribution in [2.75, 3.05) is 19.0 Å². The standard InChI is InChI=1S/C14H17ClN2O3/c1-9(18)16-11-5-3-4-10(8-11)13-12(14(19)20-2)6-7-17(13)15/h3-5,8,12-13H,6-7H2,1-2H3,(H,16,18). The van der Waals surface area contributed by atoms with Gasteiger partial charge >= 0.3 is 5.97 Å². The van der Waals surface area contributed by atoms with Crippen molar-refractivity contribution in [3.63, 3.8) is 0 Å². The van der Waals surface area contributed by atoms with Gasteiger partial charge in [0.05, 0.1) is 19.1 Å². The van der Waals surface area contributed by atoms with Crippen molar-refractivity contribution in [2.24, 2.45) is 5.92 Å². The average molecular weight is 297 g/mol. The summed E-state index contributed by atoms with van der Waals surface area (Å²) < 4.78 is 6.45. The van der Waals surface area contributed by atoms with Crippen LogP contribution >= 0.6 is 11.8 Å². The molecule has 0 bridgehead atoms. The molecule has 5 nitrogen and oxygen atoms in total. The van der Waals surface area contributed by atoms with Gasteiger partial charge in [-0.25, -0.2) is 4.42 Å². The number of amides is 1. The highest BCUT2D eigenvalue weighted by Crippen LogP contribution is 2.39. The van der Waals surface area contributed by atoms with Gasteiger partial charge < -0.3 is 10.1 Å². The molecule has 2 rings (SSSR count). The first-order chi connectivity index (χ1) is 9.52. The van der Waals surface area contributed by atoms with Crippen LogP contribution in [0.5, 0.6) is 0 Å². The topological polar surface area (TPSA) is 58.6 Å². The molecule has 1 N–H and O–H groups in total. The van der Waals surface area contributed by atoms with E-state index >= 15 is 0 Å². The number of esters is 1. The van der Waals surface area contributed by atoms with E-state index in [4.69, 9.17) is 16.5 Å². The summed E-state index contributed by atoms with van der Waals surface area (Å²) in [5.74, 6) is -0.686. The van der Waals surface area contributed by atoms with Gasteiger partial charge in [0.25, 0.3) is 0 Å². The molecule has 0 radical (unpaired) electrons. The second kappa shape index (κ2) is 6.24. The van der Waals surface area contributed by atoms with E-state index in [0.29, 0.717) is 18.7 Å². The van der Waals surface area contributed by atoms with E-state index in [0.717, 1.165) is 5.56 Å². The Morgan fingerprint density at radius 1 is 1.45 bits per heavy atom. The van der Waals surface area contributed by atoms with Crippen LogP contribution in [-0.4, -0.2) is 30.0 Å². The monoisotopic (exact) mass is 296 g/mol. The number of carbonyl (C=O) groups is 2. The van der Waals surface area contributed by atoms with Gasteiger partial charge in [0, 0.05) is 19.2 Å². The SMILES string of the molecule is COC(=O)C1CCN(Cl)C1c1cccc(NC(C)=O)c1. The third-order valence-corrected chi connectivity index (χ3v) is 3.77. The molecule has 108 valence electrons. The summed E-state index contributed by atoms with van der Waals surface area (Å²) in [6.45, 7) is 2.07. The van der Waals surface area contributed by atoms with Crippen LogP contribution in [-0.2, 0) is 14.3 Å². The van der Waals surface area contributed by atoms with E-state index in [1.165, 1.54) is 14.0 Å². The van der Waals surface area contributed by atoms with Gasteiger partial charge in [-0.2, -0.15) is 0 Å². The lowest BCUT2D eigenvalue weighted by Gasteiger charge is -2.22. The number of methoxy groups -OCH3 is 1. The van der Waals surface area contributed by atoms with E-state index in [1.54, 1.807) is 10.5 Å². The second-order valence-corrected chi connectivity index (χ2v) is 5.23. The summed E-state index contributed by atoms with van der Waals surface area (Å²) in [6, 6.07) is 7.12. The summed E-state index contributed by atoms with van der Waals surface area (Å²) in [5.41, 5.74) is 1.58. The van der Waals surface area contributed by atoms with Crippen molar-refractivity contribution in [1.29, 1.82) is 0 Å². The van der Waals surface area contributed by atoms with Gasteiger partial charge in [0.1, 0.15) is 0 Å². The van der Waals surface area contributed by atoms with Gasteiger partial charge in [-0.05, 0) is 35.9 Å². The molecule has 0 aromatic heterocycles. The van der Waals surface area contributed by atoms with E-state index in [-0.39, 0.29) is 23.8 Å². The normalized spacial score (nSPS) is 22.6. The molecule has 1 saturated heterocycles. The highest BCUT2D eigenvalue weighted by atomic mass is 35.5. The third kappa shape index (κ3) is 3.11. The average Bonchev–Trinajstić information content (AvgIpc) is 2.79. The molecular formula is C14H17ClN2O3. The zero-order valence-corrected chi connectivity index (χ0v) is 12.2. The van der Waals surface area contributed by atoms with Gasteiger partial charge in [-0.3, -0.25) is 9.59 Å². The minimum atomic E-state index is -0.287. The van der Waals surface area contributed by atoms with Crippen molar-refractivity contribution in [3.05, 3.63) is 29.8 Å². The molecule has 1 fully saturated rings. The number of halogens is 1. The molecule has 2 unspecified atom stereocenters. The fourth-order valence-corrected chi connectivity index (χ4v) is 2.90. The number of benzene rings is 1. The Morgan fingerprint density at radius 3 is 2.85 bits per heavy atom. The maximum Gasteiger partial charge on any atom is 0.310 e. The fourth-order valence-electron chi connectivity index (χ4n) is 2.55. The first-order valence-electron chi connectivity index (χ1n) is 6.40.